The molecule has 220 valence electrons. The summed E-state index contributed by atoms with van der Waals surface area (Å²) in [5, 5.41) is 28.3. The van der Waals surface area contributed by atoms with E-state index < -0.39 is 17.1 Å². The molecule has 9 nitrogen and oxygen atoms in total. The standard InChI is InChI=1S/C34H36N6O3/c35-21-6-3-18(4-7-21)16-37-32(36)38-22-8-9-25-23(14-22)24-15-34(42)27-13-20-5-10-26(41)30-28(20)33(34,31(43-30)29(24)39-25)11-12-40(27)17-19-1-2-19/h3-10,14,19,27,31,39,41-42H,1-2,11-13,15-17,35H2,(H3,36,37,38)/t27?,31-,33-,34+/m0/s1. The Morgan fingerprint density at radius 1 is 1.14 bits per heavy atom. The number of phenols is 1. The van der Waals surface area contributed by atoms with E-state index in [4.69, 9.17) is 16.2 Å². The van der Waals surface area contributed by atoms with Crippen molar-refractivity contribution in [1.82, 2.24) is 9.88 Å². The first-order chi connectivity index (χ1) is 20.8. The molecule has 1 aromatic heterocycles. The van der Waals surface area contributed by atoms with Crippen molar-refractivity contribution in [3.05, 3.63) is 82.5 Å². The molecule has 0 amide bonds. The molecule has 9 heteroatoms. The summed E-state index contributed by atoms with van der Waals surface area (Å²) in [5.74, 6) is 1.77. The van der Waals surface area contributed by atoms with E-state index in [0.717, 1.165) is 70.8 Å². The Hall–Kier alpha value is -4.21. The number of H-pyrrole nitrogens is 1. The molecule has 4 aromatic rings. The van der Waals surface area contributed by atoms with E-state index in [1.54, 1.807) is 6.07 Å². The van der Waals surface area contributed by atoms with Crippen molar-refractivity contribution in [3.8, 4) is 11.5 Å². The van der Waals surface area contributed by atoms with E-state index in [2.05, 4.69) is 26.3 Å². The first-order valence-corrected chi connectivity index (χ1v) is 15.4. The number of fused-ring (bicyclic) bond motifs is 4. The SMILES string of the molecule is NC(=NCc1ccc(N)cc1)Nc1ccc2[nH]c3c(c2c1)C[C@@]1(O)C2Cc4ccc(O)c5c4[C@@]1(CCN2CC1CC1)[C@H]3O5. The van der Waals surface area contributed by atoms with Crippen LogP contribution in [0.4, 0.5) is 11.4 Å². The Morgan fingerprint density at radius 3 is 2.79 bits per heavy atom. The van der Waals surface area contributed by atoms with E-state index in [1.807, 2.05) is 42.5 Å². The first-order valence-electron chi connectivity index (χ1n) is 15.4. The molecule has 3 aliphatic carbocycles. The number of nitrogen functional groups attached to an aromatic ring is 1. The fraction of sp³-hybridized carbons (Fsp3) is 0.382. The van der Waals surface area contributed by atoms with Crippen LogP contribution in [-0.4, -0.2) is 50.8 Å². The van der Waals surface area contributed by atoms with Gasteiger partial charge in [0.1, 0.15) is 0 Å². The lowest BCUT2D eigenvalue weighted by atomic mass is 9.49. The molecule has 9 rings (SSSR count). The van der Waals surface area contributed by atoms with Crippen molar-refractivity contribution in [1.29, 1.82) is 0 Å². The average Bonchev–Trinajstić information content (AvgIpc) is 3.64. The normalized spacial score (nSPS) is 28.8. The average molecular weight is 577 g/mol. The molecule has 2 fully saturated rings. The molecule has 3 heterocycles. The van der Waals surface area contributed by atoms with E-state index in [9.17, 15) is 10.2 Å². The minimum atomic E-state index is -1.03. The van der Waals surface area contributed by atoms with Crippen molar-refractivity contribution in [2.75, 3.05) is 24.1 Å². The number of hydrogen-bond donors (Lipinski definition) is 6. The summed E-state index contributed by atoms with van der Waals surface area (Å²) in [5.41, 5.74) is 18.3. The number of aromatic amines is 1. The Balaban J connectivity index is 1.12. The minimum absolute atomic E-state index is 0.00790. The Bertz CT molecular complexity index is 1830. The molecule has 43 heavy (non-hydrogen) atoms. The smallest absolute Gasteiger partial charge is 0.193 e. The summed E-state index contributed by atoms with van der Waals surface area (Å²) in [6, 6.07) is 17.5. The number of benzene rings is 3. The first kappa shape index (κ1) is 25.3. The van der Waals surface area contributed by atoms with Gasteiger partial charge in [0.05, 0.1) is 23.3 Å². The third-order valence-corrected chi connectivity index (χ3v) is 10.8. The van der Waals surface area contributed by atoms with Gasteiger partial charge in [-0.15, -0.1) is 0 Å². The fourth-order valence-corrected chi connectivity index (χ4v) is 8.69. The van der Waals surface area contributed by atoms with Gasteiger partial charge in [0.25, 0.3) is 0 Å². The number of nitrogens with two attached hydrogens (primary N) is 2. The Morgan fingerprint density at radius 2 is 1.98 bits per heavy atom. The summed E-state index contributed by atoms with van der Waals surface area (Å²) < 4.78 is 6.71. The van der Waals surface area contributed by atoms with Crippen molar-refractivity contribution in [2.24, 2.45) is 16.6 Å². The van der Waals surface area contributed by atoms with Crippen LogP contribution in [0.2, 0.25) is 0 Å². The van der Waals surface area contributed by atoms with Crippen LogP contribution in [0.3, 0.4) is 0 Å². The summed E-state index contributed by atoms with van der Waals surface area (Å²) in [4.78, 5) is 10.7. The van der Waals surface area contributed by atoms with E-state index in [1.165, 1.54) is 18.4 Å². The van der Waals surface area contributed by atoms with Gasteiger partial charge < -0.3 is 36.7 Å². The highest BCUT2D eigenvalue weighted by atomic mass is 16.5. The van der Waals surface area contributed by atoms with E-state index in [-0.39, 0.29) is 11.8 Å². The van der Waals surface area contributed by atoms with Gasteiger partial charge in [-0.25, -0.2) is 4.99 Å². The largest absolute Gasteiger partial charge is 0.504 e. The number of hydrogen-bond acceptors (Lipinski definition) is 6. The number of nitrogens with zero attached hydrogens (tertiary/aromatic N) is 2. The van der Waals surface area contributed by atoms with Crippen molar-refractivity contribution < 1.29 is 14.9 Å². The van der Waals surface area contributed by atoms with Crippen LogP contribution in [0.15, 0.2) is 59.6 Å². The maximum Gasteiger partial charge on any atom is 0.193 e. The zero-order valence-corrected chi connectivity index (χ0v) is 23.9. The van der Waals surface area contributed by atoms with Crippen LogP contribution in [0, 0.1) is 5.92 Å². The van der Waals surface area contributed by atoms with Gasteiger partial charge in [0.15, 0.2) is 23.6 Å². The second kappa shape index (κ2) is 8.67. The number of likely N-dealkylation sites (tertiary alicyclic amines) is 1. The molecule has 4 atom stereocenters. The van der Waals surface area contributed by atoms with Gasteiger partial charge in [-0.2, -0.15) is 0 Å². The lowest BCUT2D eigenvalue weighted by molar-refractivity contribution is -0.173. The quantitative estimate of drug-likeness (QED) is 0.119. The molecular formula is C34H36N6O3. The molecular weight excluding hydrogens is 540 g/mol. The number of piperidine rings is 1. The Kier molecular flexibility index (Phi) is 5.10. The minimum Gasteiger partial charge on any atom is -0.504 e. The summed E-state index contributed by atoms with van der Waals surface area (Å²) in [6.45, 7) is 2.41. The molecule has 1 unspecified atom stereocenters. The number of phenolic OH excluding ortho intramolecular Hbond substituents is 1. The maximum absolute atomic E-state index is 13.1. The van der Waals surface area contributed by atoms with Crippen LogP contribution >= 0.6 is 0 Å². The highest BCUT2D eigenvalue weighted by molar-refractivity contribution is 5.96. The molecule has 1 saturated heterocycles. The molecule has 1 spiro atoms. The molecule has 8 N–H and O–H groups in total. The van der Waals surface area contributed by atoms with Crippen molar-refractivity contribution in [2.45, 2.75) is 61.8 Å². The van der Waals surface area contributed by atoms with Gasteiger partial charge in [-0.05, 0) is 91.2 Å². The number of aliphatic imine (C=N–C) groups is 1. The number of ether oxygens (including phenoxy) is 1. The number of aliphatic hydroxyl groups is 1. The van der Waals surface area contributed by atoms with Crippen LogP contribution in [0.25, 0.3) is 10.9 Å². The molecule has 2 bridgehead atoms. The van der Waals surface area contributed by atoms with Crippen LogP contribution in [-0.2, 0) is 24.8 Å². The Labute approximate surface area is 249 Å². The predicted octanol–water partition coefficient (Wildman–Crippen LogP) is 4.08. The fourth-order valence-electron chi connectivity index (χ4n) is 8.69. The van der Waals surface area contributed by atoms with Gasteiger partial charge >= 0.3 is 0 Å². The molecule has 1 saturated carbocycles. The summed E-state index contributed by atoms with van der Waals surface area (Å²) >= 11 is 0. The summed E-state index contributed by atoms with van der Waals surface area (Å²) in [6.07, 6.45) is 4.24. The molecule has 5 aliphatic rings. The van der Waals surface area contributed by atoms with Crippen molar-refractivity contribution >= 4 is 28.2 Å². The predicted molar refractivity (Wildman–Crippen MR) is 166 cm³/mol. The monoisotopic (exact) mass is 576 g/mol. The van der Waals surface area contributed by atoms with Crippen LogP contribution < -0.4 is 21.5 Å². The highest BCUT2D eigenvalue weighted by Crippen LogP contribution is 2.69. The van der Waals surface area contributed by atoms with Gasteiger partial charge in [-0.3, -0.25) is 4.90 Å². The van der Waals surface area contributed by atoms with Gasteiger partial charge in [0.2, 0.25) is 0 Å². The number of guanidine groups is 1. The highest BCUT2D eigenvalue weighted by Gasteiger charge is 2.72. The number of anilines is 2. The topological polar surface area (TPSA) is 145 Å². The number of aromatic hydroxyl groups is 1. The van der Waals surface area contributed by atoms with Gasteiger partial charge in [-0.1, -0.05) is 18.2 Å². The third kappa shape index (κ3) is 3.49. The second-order valence-electron chi connectivity index (χ2n) is 13.3. The van der Waals surface area contributed by atoms with E-state index >= 15 is 0 Å². The lowest BCUT2D eigenvalue weighted by Gasteiger charge is -2.62. The number of rotatable bonds is 5. The second-order valence-corrected chi connectivity index (χ2v) is 13.3. The number of aromatic nitrogens is 1. The summed E-state index contributed by atoms with van der Waals surface area (Å²) in [7, 11) is 0. The van der Waals surface area contributed by atoms with Crippen LogP contribution in [0.5, 0.6) is 11.5 Å². The molecule has 3 aromatic carbocycles. The zero-order chi connectivity index (χ0) is 29.1. The lowest BCUT2D eigenvalue weighted by Crippen LogP contribution is -2.74. The number of nitrogens with one attached hydrogen (secondary N) is 2. The van der Waals surface area contributed by atoms with E-state index in [0.29, 0.717) is 30.4 Å². The third-order valence-electron chi connectivity index (χ3n) is 10.8. The molecule has 2 aliphatic heterocycles. The maximum atomic E-state index is 13.1. The zero-order valence-electron chi connectivity index (χ0n) is 23.9. The van der Waals surface area contributed by atoms with Crippen molar-refractivity contribution in [3.63, 3.8) is 0 Å². The van der Waals surface area contributed by atoms with Crippen LogP contribution in [0.1, 0.15) is 53.3 Å². The molecule has 0 radical (unpaired) electrons. The van der Waals surface area contributed by atoms with Gasteiger partial charge in [0, 0.05) is 46.8 Å².